The zero-order chi connectivity index (χ0) is 16.2. The number of carboxylic acids is 1. The first kappa shape index (κ1) is 16.6. The molecule has 1 fully saturated rings. The Bertz CT molecular complexity index is 569. The van der Waals surface area contributed by atoms with Crippen molar-refractivity contribution in [1.82, 2.24) is 5.32 Å². The molecule has 1 amide bonds. The molecule has 0 radical (unpaired) electrons. The highest BCUT2D eigenvalue weighted by Gasteiger charge is 2.43. The van der Waals surface area contributed by atoms with Crippen LogP contribution in [-0.2, 0) is 20.7 Å². The maximum absolute atomic E-state index is 12.2. The molecule has 0 bridgehead atoms. The van der Waals surface area contributed by atoms with Crippen molar-refractivity contribution in [3.63, 3.8) is 0 Å². The molecular weight excluding hydrogens is 310 g/mol. The van der Waals surface area contributed by atoms with Crippen LogP contribution < -0.4 is 10.1 Å². The summed E-state index contributed by atoms with van der Waals surface area (Å²) >= 11 is 6.07. The monoisotopic (exact) mass is 327 g/mol. The minimum absolute atomic E-state index is 0.00900. The summed E-state index contributed by atoms with van der Waals surface area (Å²) in [6.07, 6.45) is 0.243. The number of ether oxygens (including phenoxy) is 2. The Labute approximate surface area is 133 Å². The second-order valence-corrected chi connectivity index (χ2v) is 5.48. The lowest BCUT2D eigenvalue weighted by Crippen LogP contribution is -2.55. The van der Waals surface area contributed by atoms with E-state index in [0.29, 0.717) is 29.5 Å². The van der Waals surface area contributed by atoms with Crippen molar-refractivity contribution in [3.8, 4) is 5.75 Å². The van der Waals surface area contributed by atoms with Gasteiger partial charge >= 0.3 is 5.97 Å². The number of amides is 1. The number of halogens is 1. The molecule has 1 aliphatic rings. The van der Waals surface area contributed by atoms with Crippen LogP contribution in [0, 0.1) is 0 Å². The zero-order valence-corrected chi connectivity index (χ0v) is 13.0. The molecule has 120 valence electrons. The number of nitrogens with one attached hydrogen (secondary N) is 1. The van der Waals surface area contributed by atoms with E-state index in [4.69, 9.17) is 21.1 Å². The summed E-state index contributed by atoms with van der Waals surface area (Å²) < 4.78 is 10.6. The minimum Gasteiger partial charge on any atom is -0.492 e. The summed E-state index contributed by atoms with van der Waals surface area (Å²) in [5, 5.41) is 12.3. The van der Waals surface area contributed by atoms with Crippen molar-refractivity contribution in [2.24, 2.45) is 0 Å². The van der Waals surface area contributed by atoms with Gasteiger partial charge in [-0.05, 0) is 13.0 Å². The predicted octanol–water partition coefficient (Wildman–Crippen LogP) is 1.64. The first-order valence-corrected chi connectivity index (χ1v) is 7.38. The molecule has 1 unspecified atom stereocenters. The van der Waals surface area contributed by atoms with Crippen LogP contribution in [0.3, 0.4) is 0 Å². The fraction of sp³-hybridized carbons (Fsp3) is 0.467. The Morgan fingerprint density at radius 2 is 2.27 bits per heavy atom. The molecule has 1 aromatic rings. The van der Waals surface area contributed by atoms with Gasteiger partial charge in [0.1, 0.15) is 5.75 Å². The Kier molecular flexibility index (Phi) is 5.26. The van der Waals surface area contributed by atoms with Crippen molar-refractivity contribution >= 4 is 23.5 Å². The van der Waals surface area contributed by atoms with Gasteiger partial charge in [-0.1, -0.05) is 23.7 Å². The fourth-order valence-electron chi connectivity index (χ4n) is 2.37. The quantitative estimate of drug-likeness (QED) is 0.829. The molecular formula is C15H18ClNO5. The number of carboxylic acid groups (broad SMARTS) is 1. The molecule has 1 aliphatic heterocycles. The molecule has 0 saturated carbocycles. The second-order valence-electron chi connectivity index (χ2n) is 5.08. The third-order valence-corrected chi connectivity index (χ3v) is 3.80. The third kappa shape index (κ3) is 3.51. The van der Waals surface area contributed by atoms with Gasteiger partial charge in [0, 0.05) is 18.6 Å². The lowest BCUT2D eigenvalue weighted by molar-refractivity contribution is -0.147. The van der Waals surface area contributed by atoms with Gasteiger partial charge in [0.15, 0.2) is 5.54 Å². The molecule has 1 atom stereocenters. The molecule has 0 aliphatic carbocycles. The van der Waals surface area contributed by atoms with Gasteiger partial charge < -0.3 is 19.9 Å². The maximum atomic E-state index is 12.2. The van der Waals surface area contributed by atoms with Crippen LogP contribution >= 0.6 is 11.6 Å². The summed E-state index contributed by atoms with van der Waals surface area (Å²) in [4.78, 5) is 23.6. The first-order valence-electron chi connectivity index (χ1n) is 7.01. The van der Waals surface area contributed by atoms with Crippen molar-refractivity contribution < 1.29 is 24.2 Å². The number of rotatable bonds is 6. The van der Waals surface area contributed by atoms with Crippen LogP contribution in [0.1, 0.15) is 18.9 Å². The molecule has 22 heavy (non-hydrogen) atoms. The number of carbonyl (C=O) groups excluding carboxylic acids is 1. The van der Waals surface area contributed by atoms with E-state index in [2.05, 4.69) is 5.32 Å². The SMILES string of the molecule is CCOc1c(Cl)cccc1CC(=O)NC1(C(=O)O)CCOC1. The third-order valence-electron chi connectivity index (χ3n) is 3.50. The normalized spacial score (nSPS) is 20.6. The summed E-state index contributed by atoms with van der Waals surface area (Å²) in [6.45, 7) is 2.53. The Morgan fingerprint density at radius 1 is 1.50 bits per heavy atom. The van der Waals surface area contributed by atoms with E-state index in [1.165, 1.54) is 0 Å². The van der Waals surface area contributed by atoms with Crippen molar-refractivity contribution in [3.05, 3.63) is 28.8 Å². The Hall–Kier alpha value is -1.79. The Balaban J connectivity index is 2.12. The van der Waals surface area contributed by atoms with E-state index in [9.17, 15) is 14.7 Å². The highest BCUT2D eigenvalue weighted by Crippen LogP contribution is 2.29. The first-order chi connectivity index (χ1) is 10.5. The second kappa shape index (κ2) is 6.98. The highest BCUT2D eigenvalue weighted by atomic mass is 35.5. The number of carbonyl (C=O) groups is 2. The van der Waals surface area contributed by atoms with Crippen LogP contribution in [0.25, 0.3) is 0 Å². The molecule has 0 aromatic heterocycles. The molecule has 1 aromatic carbocycles. The minimum atomic E-state index is -1.35. The van der Waals surface area contributed by atoms with Crippen molar-refractivity contribution in [1.29, 1.82) is 0 Å². The molecule has 1 heterocycles. The number of aliphatic carboxylic acids is 1. The maximum Gasteiger partial charge on any atom is 0.331 e. The standard InChI is InChI=1S/C15H18ClNO5/c1-2-22-13-10(4-3-5-11(13)16)8-12(18)17-15(14(19)20)6-7-21-9-15/h3-5H,2,6-9H2,1H3,(H,17,18)(H,19,20). The summed E-state index contributed by atoms with van der Waals surface area (Å²) in [6, 6.07) is 5.13. The van der Waals surface area contributed by atoms with E-state index >= 15 is 0 Å². The van der Waals surface area contributed by atoms with Gasteiger partial charge in [0.25, 0.3) is 0 Å². The summed E-state index contributed by atoms with van der Waals surface area (Å²) in [5.74, 6) is -1.04. The average molecular weight is 328 g/mol. The van der Waals surface area contributed by atoms with E-state index in [1.54, 1.807) is 18.2 Å². The summed E-state index contributed by atoms with van der Waals surface area (Å²) in [5.41, 5.74) is -0.729. The number of hydrogen-bond donors (Lipinski definition) is 2. The number of benzene rings is 1. The van der Waals surface area contributed by atoms with E-state index < -0.39 is 17.4 Å². The molecule has 0 spiro atoms. The van der Waals surface area contributed by atoms with Gasteiger partial charge in [-0.25, -0.2) is 4.79 Å². The van der Waals surface area contributed by atoms with E-state index in [1.807, 2.05) is 6.92 Å². The molecule has 2 N–H and O–H groups in total. The van der Waals surface area contributed by atoms with Gasteiger partial charge in [0.05, 0.1) is 24.7 Å². The number of hydrogen-bond acceptors (Lipinski definition) is 4. The Morgan fingerprint density at radius 3 is 2.86 bits per heavy atom. The van der Waals surface area contributed by atoms with Crippen LogP contribution in [-0.4, -0.2) is 42.3 Å². The topological polar surface area (TPSA) is 84.9 Å². The zero-order valence-electron chi connectivity index (χ0n) is 12.2. The summed E-state index contributed by atoms with van der Waals surface area (Å²) in [7, 11) is 0. The predicted molar refractivity (Wildman–Crippen MR) is 80.3 cm³/mol. The van der Waals surface area contributed by atoms with E-state index in [0.717, 1.165) is 0 Å². The van der Waals surface area contributed by atoms with E-state index in [-0.39, 0.29) is 19.4 Å². The van der Waals surface area contributed by atoms with Crippen LogP contribution in [0.2, 0.25) is 5.02 Å². The van der Waals surface area contributed by atoms with Crippen LogP contribution in [0.15, 0.2) is 18.2 Å². The molecule has 1 saturated heterocycles. The van der Waals surface area contributed by atoms with Gasteiger partial charge in [0.2, 0.25) is 5.91 Å². The molecule has 2 rings (SSSR count). The van der Waals surface area contributed by atoms with Crippen molar-refractivity contribution in [2.75, 3.05) is 19.8 Å². The van der Waals surface area contributed by atoms with Crippen molar-refractivity contribution in [2.45, 2.75) is 25.3 Å². The van der Waals surface area contributed by atoms with Crippen LogP contribution in [0.5, 0.6) is 5.75 Å². The molecule has 6 nitrogen and oxygen atoms in total. The van der Waals surface area contributed by atoms with Gasteiger partial charge in [-0.3, -0.25) is 4.79 Å². The fourth-order valence-corrected chi connectivity index (χ4v) is 2.62. The van der Waals surface area contributed by atoms with Gasteiger partial charge in [-0.2, -0.15) is 0 Å². The molecule has 7 heteroatoms. The lowest BCUT2D eigenvalue weighted by Gasteiger charge is -2.24. The average Bonchev–Trinajstić information content (AvgIpc) is 2.92. The number of para-hydroxylation sites is 1. The van der Waals surface area contributed by atoms with Gasteiger partial charge in [-0.15, -0.1) is 0 Å². The lowest BCUT2D eigenvalue weighted by atomic mass is 9.98. The largest absolute Gasteiger partial charge is 0.492 e. The highest BCUT2D eigenvalue weighted by molar-refractivity contribution is 6.32. The van der Waals surface area contributed by atoms with Crippen LogP contribution in [0.4, 0.5) is 0 Å². The smallest absolute Gasteiger partial charge is 0.331 e.